The molecule has 1 aromatic heterocycles. The summed E-state index contributed by atoms with van der Waals surface area (Å²) in [7, 11) is 0. The van der Waals surface area contributed by atoms with Gasteiger partial charge in [0.25, 0.3) is 5.91 Å². The molecule has 0 aliphatic heterocycles. The number of aromatic nitrogens is 3. The van der Waals surface area contributed by atoms with Crippen LogP contribution in [0, 0.1) is 3.57 Å². The van der Waals surface area contributed by atoms with Crippen LogP contribution in [0.25, 0.3) is 0 Å². The molecule has 100 valence electrons. The average molecular weight is 372 g/mol. The highest BCUT2D eigenvalue weighted by Crippen LogP contribution is 2.19. The summed E-state index contributed by atoms with van der Waals surface area (Å²) in [5.74, 6) is -0.274. The van der Waals surface area contributed by atoms with E-state index in [0.717, 1.165) is 9.99 Å². The molecule has 1 amide bonds. The SMILES string of the molecule is O=C(NCCCn1ccnn1)c1cc(I)ccc1O. The zero-order valence-corrected chi connectivity index (χ0v) is 12.2. The van der Waals surface area contributed by atoms with Crippen LogP contribution in [0.4, 0.5) is 0 Å². The molecule has 1 aromatic carbocycles. The van der Waals surface area contributed by atoms with Gasteiger partial charge in [-0.2, -0.15) is 0 Å². The summed E-state index contributed by atoms with van der Waals surface area (Å²) in [6, 6.07) is 4.92. The van der Waals surface area contributed by atoms with E-state index in [0.29, 0.717) is 18.7 Å². The maximum atomic E-state index is 11.9. The van der Waals surface area contributed by atoms with Gasteiger partial charge in [-0.25, -0.2) is 0 Å². The molecule has 2 rings (SSSR count). The van der Waals surface area contributed by atoms with E-state index in [-0.39, 0.29) is 11.7 Å². The molecule has 19 heavy (non-hydrogen) atoms. The molecule has 1 heterocycles. The molecular weight excluding hydrogens is 359 g/mol. The van der Waals surface area contributed by atoms with Crippen molar-refractivity contribution in [2.75, 3.05) is 6.54 Å². The lowest BCUT2D eigenvalue weighted by Gasteiger charge is -2.07. The first-order chi connectivity index (χ1) is 9.16. The fourth-order valence-corrected chi connectivity index (χ4v) is 2.07. The van der Waals surface area contributed by atoms with E-state index in [1.54, 1.807) is 29.2 Å². The number of hydrogen-bond acceptors (Lipinski definition) is 4. The standard InChI is InChI=1S/C12H13IN4O2/c13-9-2-3-11(18)10(8-9)12(19)14-4-1-6-17-7-5-15-16-17/h2-3,5,7-8,18H,1,4,6H2,(H,14,19). The Morgan fingerprint density at radius 1 is 1.47 bits per heavy atom. The van der Waals surface area contributed by atoms with E-state index in [1.165, 1.54) is 6.07 Å². The normalized spacial score (nSPS) is 10.4. The fourth-order valence-electron chi connectivity index (χ4n) is 1.58. The van der Waals surface area contributed by atoms with Gasteiger partial charge in [0.2, 0.25) is 0 Å². The van der Waals surface area contributed by atoms with Crippen molar-refractivity contribution >= 4 is 28.5 Å². The maximum Gasteiger partial charge on any atom is 0.255 e. The predicted octanol–water partition coefficient (Wildman–Crippen LogP) is 1.41. The zero-order valence-electron chi connectivity index (χ0n) is 10.1. The minimum absolute atomic E-state index is 0.00538. The van der Waals surface area contributed by atoms with Crippen LogP contribution in [0.2, 0.25) is 0 Å². The van der Waals surface area contributed by atoms with Gasteiger partial charge >= 0.3 is 0 Å². The smallest absolute Gasteiger partial charge is 0.255 e. The second-order valence-electron chi connectivity index (χ2n) is 3.94. The monoisotopic (exact) mass is 372 g/mol. The number of aryl methyl sites for hydroxylation is 1. The van der Waals surface area contributed by atoms with Crippen LogP contribution in [0.15, 0.2) is 30.6 Å². The van der Waals surface area contributed by atoms with Gasteiger partial charge in [-0.3, -0.25) is 9.48 Å². The number of rotatable bonds is 5. The molecule has 2 aromatic rings. The number of amides is 1. The summed E-state index contributed by atoms with van der Waals surface area (Å²) in [6.45, 7) is 1.21. The molecule has 0 aliphatic rings. The Hall–Kier alpha value is -1.64. The Kier molecular flexibility index (Phi) is 4.72. The Morgan fingerprint density at radius 3 is 3.05 bits per heavy atom. The molecule has 0 spiro atoms. The van der Waals surface area contributed by atoms with Crippen LogP contribution in [0.1, 0.15) is 16.8 Å². The second kappa shape index (κ2) is 6.50. The highest BCUT2D eigenvalue weighted by atomic mass is 127. The molecule has 0 unspecified atom stereocenters. The Labute approximate surface area is 124 Å². The topological polar surface area (TPSA) is 80.0 Å². The lowest BCUT2D eigenvalue weighted by Crippen LogP contribution is -2.25. The number of nitrogens with zero attached hydrogens (tertiary/aromatic N) is 3. The van der Waals surface area contributed by atoms with Crippen LogP contribution < -0.4 is 5.32 Å². The molecule has 0 fully saturated rings. The van der Waals surface area contributed by atoms with E-state index in [4.69, 9.17) is 0 Å². The van der Waals surface area contributed by atoms with Gasteiger partial charge < -0.3 is 10.4 Å². The fraction of sp³-hybridized carbons (Fsp3) is 0.250. The number of benzene rings is 1. The van der Waals surface area contributed by atoms with Crippen LogP contribution in [0.5, 0.6) is 5.75 Å². The lowest BCUT2D eigenvalue weighted by molar-refractivity contribution is 0.0950. The van der Waals surface area contributed by atoms with Gasteiger partial charge in [0.05, 0.1) is 11.8 Å². The van der Waals surface area contributed by atoms with Crippen molar-refractivity contribution in [3.8, 4) is 5.75 Å². The molecule has 0 saturated heterocycles. The molecule has 0 bridgehead atoms. The van der Waals surface area contributed by atoms with Crippen LogP contribution in [-0.2, 0) is 6.54 Å². The predicted molar refractivity (Wildman–Crippen MR) is 77.8 cm³/mol. The number of hydrogen-bond donors (Lipinski definition) is 2. The van der Waals surface area contributed by atoms with Crippen molar-refractivity contribution in [2.45, 2.75) is 13.0 Å². The summed E-state index contributed by atoms with van der Waals surface area (Å²) in [6.07, 6.45) is 4.13. The Morgan fingerprint density at radius 2 is 2.32 bits per heavy atom. The quantitative estimate of drug-likeness (QED) is 0.615. The summed E-state index contributed by atoms with van der Waals surface area (Å²) < 4.78 is 2.61. The molecule has 0 radical (unpaired) electrons. The number of nitrogens with one attached hydrogen (secondary N) is 1. The third-order valence-corrected chi connectivity index (χ3v) is 3.20. The first-order valence-electron chi connectivity index (χ1n) is 5.77. The largest absolute Gasteiger partial charge is 0.507 e. The molecule has 0 aliphatic carbocycles. The van der Waals surface area contributed by atoms with Crippen LogP contribution >= 0.6 is 22.6 Å². The summed E-state index contributed by atoms with van der Waals surface area (Å²) in [5, 5.41) is 19.9. The van der Waals surface area contributed by atoms with Gasteiger partial charge in [0.1, 0.15) is 5.75 Å². The van der Waals surface area contributed by atoms with Crippen molar-refractivity contribution in [1.29, 1.82) is 0 Å². The highest BCUT2D eigenvalue weighted by Gasteiger charge is 2.10. The molecule has 6 nitrogen and oxygen atoms in total. The summed E-state index contributed by atoms with van der Waals surface area (Å²) >= 11 is 2.10. The van der Waals surface area contributed by atoms with Gasteiger partial charge in [-0.1, -0.05) is 5.21 Å². The number of phenolic OH excluding ortho intramolecular Hbond substituents is 1. The van der Waals surface area contributed by atoms with E-state index in [9.17, 15) is 9.90 Å². The van der Waals surface area contributed by atoms with Crippen molar-refractivity contribution in [2.24, 2.45) is 0 Å². The number of phenols is 1. The third kappa shape index (κ3) is 3.91. The van der Waals surface area contributed by atoms with Crippen molar-refractivity contribution in [3.63, 3.8) is 0 Å². The second-order valence-corrected chi connectivity index (χ2v) is 5.18. The van der Waals surface area contributed by atoms with Crippen LogP contribution in [-0.4, -0.2) is 32.6 Å². The average Bonchev–Trinajstić information content (AvgIpc) is 2.90. The molecule has 2 N–H and O–H groups in total. The number of halogens is 1. The van der Waals surface area contributed by atoms with Crippen molar-refractivity contribution < 1.29 is 9.90 Å². The molecule has 0 saturated carbocycles. The minimum atomic E-state index is -0.269. The molecular formula is C12H13IN4O2. The highest BCUT2D eigenvalue weighted by molar-refractivity contribution is 14.1. The van der Waals surface area contributed by atoms with Gasteiger partial charge in [-0.05, 0) is 47.2 Å². The first kappa shape index (κ1) is 13.8. The first-order valence-corrected chi connectivity index (χ1v) is 6.85. The number of carbonyl (C=O) groups excluding carboxylic acids is 1. The summed E-state index contributed by atoms with van der Waals surface area (Å²) in [4.78, 5) is 11.9. The van der Waals surface area contributed by atoms with Crippen molar-refractivity contribution in [3.05, 3.63) is 39.7 Å². The zero-order chi connectivity index (χ0) is 13.7. The summed E-state index contributed by atoms with van der Waals surface area (Å²) in [5.41, 5.74) is 0.299. The van der Waals surface area contributed by atoms with E-state index in [2.05, 4.69) is 38.2 Å². The van der Waals surface area contributed by atoms with E-state index >= 15 is 0 Å². The molecule has 7 heteroatoms. The van der Waals surface area contributed by atoms with E-state index in [1.807, 2.05) is 0 Å². The van der Waals surface area contributed by atoms with Gasteiger partial charge in [0, 0.05) is 22.9 Å². The maximum absolute atomic E-state index is 11.9. The minimum Gasteiger partial charge on any atom is -0.507 e. The van der Waals surface area contributed by atoms with Crippen LogP contribution in [0.3, 0.4) is 0 Å². The van der Waals surface area contributed by atoms with Crippen molar-refractivity contribution in [1.82, 2.24) is 20.3 Å². The van der Waals surface area contributed by atoms with Gasteiger partial charge in [0.15, 0.2) is 0 Å². The number of aromatic hydroxyl groups is 1. The lowest BCUT2D eigenvalue weighted by atomic mass is 10.2. The molecule has 0 atom stereocenters. The Bertz CT molecular complexity index is 557. The van der Waals surface area contributed by atoms with Gasteiger partial charge in [-0.15, -0.1) is 5.10 Å². The Balaban J connectivity index is 1.82. The number of carbonyl (C=O) groups is 1. The third-order valence-electron chi connectivity index (χ3n) is 2.52. The van der Waals surface area contributed by atoms with E-state index < -0.39 is 0 Å².